The molecule has 0 amide bonds. The maximum atomic E-state index is 2.63. The SMILES string of the molecule is CCn1c2ccccc2c2cc(-c3ccc4c(c3)C(CC)(CC)c3cc([Si](c5ccccc5)(c5ccccc5)c5ccccc5)ccc3-4)ccc21. The van der Waals surface area contributed by atoms with Crippen LogP contribution in [0.1, 0.15) is 44.7 Å². The zero-order valence-corrected chi connectivity index (χ0v) is 30.7. The molecule has 2 heteroatoms. The Bertz CT molecular complexity index is 2430. The molecule has 0 N–H and O–H groups in total. The normalized spacial score (nSPS) is 13.4. The van der Waals surface area contributed by atoms with Crippen molar-refractivity contribution in [1.29, 1.82) is 0 Å². The van der Waals surface area contributed by atoms with Gasteiger partial charge in [0.1, 0.15) is 0 Å². The Kier molecular flexibility index (Phi) is 7.67. The molecule has 0 radical (unpaired) electrons. The summed E-state index contributed by atoms with van der Waals surface area (Å²) in [5.74, 6) is 0. The number of aryl methyl sites for hydroxylation is 1. The average molecular weight is 674 g/mol. The van der Waals surface area contributed by atoms with Crippen LogP contribution < -0.4 is 20.7 Å². The van der Waals surface area contributed by atoms with Gasteiger partial charge in [-0.1, -0.05) is 159 Å². The second kappa shape index (κ2) is 12.4. The Morgan fingerprint density at radius 1 is 0.431 bits per heavy atom. The summed E-state index contributed by atoms with van der Waals surface area (Å²) in [6.45, 7) is 7.98. The first-order valence-corrected chi connectivity index (χ1v) is 20.6. The van der Waals surface area contributed by atoms with Crippen molar-refractivity contribution in [2.24, 2.45) is 0 Å². The number of hydrogen-bond acceptors (Lipinski definition) is 0. The highest BCUT2D eigenvalue weighted by atomic mass is 28.3. The molecule has 0 aliphatic heterocycles. The van der Waals surface area contributed by atoms with E-state index in [1.165, 1.54) is 75.9 Å². The number of para-hydroxylation sites is 1. The number of nitrogens with zero attached hydrogens (tertiary/aromatic N) is 1. The fraction of sp³-hybridized carbons (Fsp3) is 0.143. The van der Waals surface area contributed by atoms with Gasteiger partial charge in [0.25, 0.3) is 0 Å². The van der Waals surface area contributed by atoms with Crippen LogP contribution in [0.3, 0.4) is 0 Å². The molecule has 0 atom stereocenters. The third kappa shape index (κ3) is 4.59. The van der Waals surface area contributed by atoms with Crippen LogP contribution in [0.25, 0.3) is 44.1 Å². The highest BCUT2D eigenvalue weighted by Gasteiger charge is 2.45. The van der Waals surface area contributed by atoms with E-state index in [1.54, 1.807) is 0 Å². The molecule has 7 aromatic carbocycles. The Balaban J connectivity index is 1.24. The van der Waals surface area contributed by atoms with Gasteiger partial charge in [0.2, 0.25) is 0 Å². The minimum absolute atomic E-state index is 0.0662. The second-order valence-corrected chi connectivity index (χ2v) is 18.0. The van der Waals surface area contributed by atoms with E-state index in [4.69, 9.17) is 0 Å². The minimum atomic E-state index is -2.65. The smallest absolute Gasteiger partial charge is 0.179 e. The summed E-state index contributed by atoms with van der Waals surface area (Å²) >= 11 is 0. The van der Waals surface area contributed by atoms with E-state index in [1.807, 2.05) is 0 Å². The first kappa shape index (κ1) is 31.5. The second-order valence-electron chi connectivity index (χ2n) is 14.2. The zero-order valence-electron chi connectivity index (χ0n) is 29.7. The van der Waals surface area contributed by atoms with Gasteiger partial charge in [0.15, 0.2) is 8.07 Å². The van der Waals surface area contributed by atoms with E-state index in [2.05, 4.69) is 195 Å². The van der Waals surface area contributed by atoms with Gasteiger partial charge in [0, 0.05) is 33.8 Å². The summed E-state index contributed by atoms with van der Waals surface area (Å²) in [6, 6.07) is 64.7. The summed E-state index contributed by atoms with van der Waals surface area (Å²) in [4.78, 5) is 0. The van der Waals surface area contributed by atoms with Crippen molar-refractivity contribution in [3.05, 3.63) is 181 Å². The summed E-state index contributed by atoms with van der Waals surface area (Å²) in [7, 11) is -2.65. The molecular formula is C49H43NSi. The van der Waals surface area contributed by atoms with Gasteiger partial charge in [-0.3, -0.25) is 0 Å². The fourth-order valence-corrected chi connectivity index (χ4v) is 14.3. The molecule has 1 aromatic heterocycles. The van der Waals surface area contributed by atoms with Crippen LogP contribution in [-0.4, -0.2) is 12.6 Å². The van der Waals surface area contributed by atoms with Gasteiger partial charge in [-0.05, 0) is 98.2 Å². The van der Waals surface area contributed by atoms with E-state index in [0.717, 1.165) is 19.4 Å². The summed E-state index contributed by atoms with van der Waals surface area (Å²) in [6.07, 6.45) is 2.10. The van der Waals surface area contributed by atoms with Gasteiger partial charge in [-0.15, -0.1) is 0 Å². The number of benzene rings is 7. The van der Waals surface area contributed by atoms with Crippen LogP contribution in [0.15, 0.2) is 170 Å². The lowest BCUT2D eigenvalue weighted by Crippen LogP contribution is -2.74. The van der Waals surface area contributed by atoms with Gasteiger partial charge in [-0.2, -0.15) is 0 Å². The lowest BCUT2D eigenvalue weighted by molar-refractivity contribution is 0.491. The fourth-order valence-electron chi connectivity index (χ4n) is 9.56. The number of aromatic nitrogens is 1. The predicted molar refractivity (Wildman–Crippen MR) is 221 cm³/mol. The monoisotopic (exact) mass is 673 g/mol. The Morgan fingerprint density at radius 3 is 1.51 bits per heavy atom. The molecule has 1 nitrogen and oxygen atoms in total. The van der Waals surface area contributed by atoms with Crippen molar-refractivity contribution in [3.63, 3.8) is 0 Å². The van der Waals surface area contributed by atoms with Crippen molar-refractivity contribution in [2.45, 2.75) is 45.6 Å². The van der Waals surface area contributed by atoms with Crippen molar-refractivity contribution < 1.29 is 0 Å². The van der Waals surface area contributed by atoms with Crippen molar-refractivity contribution in [2.75, 3.05) is 0 Å². The highest BCUT2D eigenvalue weighted by Crippen LogP contribution is 2.53. The molecule has 8 aromatic rings. The molecule has 0 spiro atoms. The summed E-state index contributed by atoms with van der Waals surface area (Å²) < 4.78 is 2.44. The molecule has 1 aliphatic carbocycles. The van der Waals surface area contributed by atoms with Crippen LogP contribution in [-0.2, 0) is 12.0 Å². The van der Waals surface area contributed by atoms with Crippen LogP contribution in [0, 0.1) is 0 Å². The summed E-state index contributed by atoms with van der Waals surface area (Å²) in [5.41, 5.74) is 10.9. The molecule has 1 heterocycles. The first-order valence-electron chi connectivity index (χ1n) is 18.6. The van der Waals surface area contributed by atoms with Gasteiger partial charge < -0.3 is 4.57 Å². The third-order valence-corrected chi connectivity index (χ3v) is 16.8. The Morgan fingerprint density at radius 2 is 0.922 bits per heavy atom. The third-order valence-electron chi connectivity index (χ3n) is 12.0. The molecule has 0 bridgehead atoms. The molecule has 0 saturated heterocycles. The van der Waals surface area contributed by atoms with Crippen molar-refractivity contribution in [3.8, 4) is 22.3 Å². The van der Waals surface area contributed by atoms with E-state index >= 15 is 0 Å². The van der Waals surface area contributed by atoms with E-state index in [0.29, 0.717) is 0 Å². The molecule has 0 saturated carbocycles. The van der Waals surface area contributed by atoms with E-state index in [9.17, 15) is 0 Å². The molecule has 1 aliphatic rings. The zero-order chi connectivity index (χ0) is 34.6. The van der Waals surface area contributed by atoms with Crippen LogP contribution in [0.5, 0.6) is 0 Å². The van der Waals surface area contributed by atoms with Crippen molar-refractivity contribution in [1.82, 2.24) is 4.57 Å². The largest absolute Gasteiger partial charge is 0.341 e. The maximum Gasteiger partial charge on any atom is 0.179 e. The lowest BCUT2D eigenvalue weighted by atomic mass is 9.73. The van der Waals surface area contributed by atoms with Crippen LogP contribution in [0.2, 0.25) is 0 Å². The molecule has 0 fully saturated rings. The van der Waals surface area contributed by atoms with E-state index in [-0.39, 0.29) is 5.41 Å². The lowest BCUT2D eigenvalue weighted by Gasteiger charge is -2.36. The molecular weight excluding hydrogens is 631 g/mol. The molecule has 0 unspecified atom stereocenters. The minimum Gasteiger partial charge on any atom is -0.341 e. The Hall–Kier alpha value is -5.44. The van der Waals surface area contributed by atoms with E-state index < -0.39 is 8.07 Å². The standard InChI is InChI=1S/C49H43NSi/c1-4-49(5-2)45-33-36(35-27-31-48-44(32-35)43-24-16-17-25-47(43)50(48)6-3)26-29-41(45)42-30-28-40(34-46(42)49)51(37-18-10-7-11-19-37,38-20-12-8-13-21-38)39-22-14-9-15-23-39/h7-34H,4-6H2,1-3H3. The first-order chi connectivity index (χ1) is 25.1. The molecule has 248 valence electrons. The highest BCUT2D eigenvalue weighted by molar-refractivity contribution is 7.19. The number of rotatable bonds is 8. The van der Waals surface area contributed by atoms with Crippen LogP contribution in [0.4, 0.5) is 0 Å². The quantitative estimate of drug-likeness (QED) is 0.112. The van der Waals surface area contributed by atoms with Gasteiger partial charge in [0.05, 0.1) is 0 Å². The summed E-state index contributed by atoms with van der Waals surface area (Å²) in [5, 5.41) is 8.36. The van der Waals surface area contributed by atoms with Crippen molar-refractivity contribution >= 4 is 50.6 Å². The maximum absolute atomic E-state index is 2.65. The number of fused-ring (bicyclic) bond motifs is 6. The topological polar surface area (TPSA) is 4.93 Å². The molecule has 51 heavy (non-hydrogen) atoms. The van der Waals surface area contributed by atoms with Gasteiger partial charge in [-0.25, -0.2) is 0 Å². The van der Waals surface area contributed by atoms with Crippen LogP contribution >= 0.6 is 0 Å². The van der Waals surface area contributed by atoms with Gasteiger partial charge >= 0.3 is 0 Å². The molecule has 9 rings (SSSR count). The Labute approximate surface area is 302 Å². The predicted octanol–water partition coefficient (Wildman–Crippen LogP) is 9.95. The average Bonchev–Trinajstić information content (AvgIpc) is 3.68. The number of hydrogen-bond donors (Lipinski definition) is 0.